The van der Waals surface area contributed by atoms with Crippen LogP contribution in [0, 0.1) is 0 Å². The van der Waals surface area contributed by atoms with Crippen LogP contribution in [0.5, 0.6) is 0 Å². The summed E-state index contributed by atoms with van der Waals surface area (Å²) in [6.07, 6.45) is 0. The molecule has 8 heteroatoms. The van der Waals surface area contributed by atoms with Gasteiger partial charge in [0.2, 0.25) is 11.9 Å². The topological polar surface area (TPSA) is 85.1 Å². The van der Waals surface area contributed by atoms with Crippen LogP contribution in [0.3, 0.4) is 0 Å². The minimum absolute atomic E-state index is 0.289. The average molecular weight is 310 g/mol. The number of nitrogens with zero attached hydrogens (tertiary/aromatic N) is 4. The van der Waals surface area contributed by atoms with Crippen molar-refractivity contribution in [1.29, 1.82) is 0 Å². The lowest BCUT2D eigenvalue weighted by molar-refractivity contribution is 0.344. The molecule has 7 nitrogen and oxygen atoms in total. The Balaban J connectivity index is 1.65. The molecule has 0 aliphatic heterocycles. The number of aromatic nitrogens is 3. The maximum Gasteiger partial charge on any atom is 0.241 e. The number of rotatable bonds is 8. The van der Waals surface area contributed by atoms with E-state index in [1.54, 1.807) is 4.68 Å². The van der Waals surface area contributed by atoms with Crippen LogP contribution in [-0.2, 0) is 19.3 Å². The smallest absolute Gasteiger partial charge is 0.241 e. The van der Waals surface area contributed by atoms with Gasteiger partial charge in [-0.2, -0.15) is 16.7 Å². The fourth-order valence-electron chi connectivity index (χ4n) is 1.86. The fraction of sp³-hybridized carbons (Fsp3) is 0.538. The predicted molar refractivity (Wildman–Crippen MR) is 86.2 cm³/mol. The first-order valence-corrected chi connectivity index (χ1v) is 7.90. The van der Waals surface area contributed by atoms with Crippen molar-refractivity contribution in [3.05, 3.63) is 23.7 Å². The van der Waals surface area contributed by atoms with Crippen molar-refractivity contribution in [2.45, 2.75) is 12.3 Å². The molecule has 2 aromatic heterocycles. The maximum atomic E-state index is 5.76. The van der Waals surface area contributed by atoms with E-state index in [9.17, 15) is 0 Å². The summed E-state index contributed by atoms with van der Waals surface area (Å²) in [6, 6.07) is 4.08. The minimum Gasteiger partial charge on any atom is -0.464 e. The molecule has 3 N–H and O–H groups in total. The lowest BCUT2D eigenvalue weighted by Crippen LogP contribution is -2.09. The number of thioether (sulfide) groups is 1. The number of hydrogen-bond donors (Lipinski definition) is 2. The van der Waals surface area contributed by atoms with E-state index in [0.29, 0.717) is 5.95 Å². The molecule has 0 atom stereocenters. The average Bonchev–Trinajstić information content (AvgIpc) is 2.95. The summed E-state index contributed by atoms with van der Waals surface area (Å²) < 4.78 is 7.39. The number of nitrogens with one attached hydrogen (secondary N) is 1. The monoisotopic (exact) mass is 310 g/mol. The number of nitrogens with two attached hydrogens (primary N) is 1. The first-order chi connectivity index (χ1) is 10.0. The molecule has 0 fully saturated rings. The number of anilines is 2. The third kappa shape index (κ3) is 4.98. The second-order valence-corrected chi connectivity index (χ2v) is 6.11. The zero-order chi connectivity index (χ0) is 15.2. The van der Waals surface area contributed by atoms with Gasteiger partial charge in [0, 0.05) is 19.3 Å². The molecule has 0 saturated heterocycles. The lowest BCUT2D eigenvalue weighted by atomic mass is 10.4. The number of hydrogen-bond acceptors (Lipinski definition) is 7. The van der Waals surface area contributed by atoms with Gasteiger partial charge in [0.25, 0.3) is 0 Å². The molecule has 0 radical (unpaired) electrons. The van der Waals surface area contributed by atoms with Crippen LogP contribution in [0.2, 0.25) is 0 Å². The fourth-order valence-corrected chi connectivity index (χ4v) is 2.61. The van der Waals surface area contributed by atoms with E-state index in [1.807, 2.05) is 45.0 Å². The molecule has 0 saturated carbocycles. The molecular weight excluding hydrogens is 288 g/mol. The Bertz CT molecular complexity index is 565. The standard InChI is InChI=1S/C13H22N6OS/c1-18(2)8-10-4-5-11(20-10)9-21-7-6-15-13-16-12(14)17-19(13)3/h4-5H,6-9H2,1-3H3,(H3,14,15,16,17). The zero-order valence-corrected chi connectivity index (χ0v) is 13.5. The summed E-state index contributed by atoms with van der Waals surface area (Å²) in [7, 11) is 5.87. The van der Waals surface area contributed by atoms with Crippen LogP contribution >= 0.6 is 11.8 Å². The molecule has 0 unspecified atom stereocenters. The summed E-state index contributed by atoms with van der Waals surface area (Å²) in [5.74, 6) is 4.83. The molecule has 116 valence electrons. The predicted octanol–water partition coefficient (Wildman–Crippen LogP) is 1.40. The van der Waals surface area contributed by atoms with Crippen molar-refractivity contribution in [3.63, 3.8) is 0 Å². The van der Waals surface area contributed by atoms with E-state index in [2.05, 4.69) is 20.3 Å². The Morgan fingerprint density at radius 3 is 2.81 bits per heavy atom. The van der Waals surface area contributed by atoms with Crippen LogP contribution in [0.15, 0.2) is 16.5 Å². The Morgan fingerprint density at radius 2 is 2.14 bits per heavy atom. The quantitative estimate of drug-likeness (QED) is 0.713. The zero-order valence-electron chi connectivity index (χ0n) is 12.7. The molecule has 0 spiro atoms. The van der Waals surface area contributed by atoms with E-state index < -0.39 is 0 Å². The Hall–Kier alpha value is -1.67. The normalized spacial score (nSPS) is 11.2. The summed E-state index contributed by atoms with van der Waals surface area (Å²) in [5.41, 5.74) is 5.52. The maximum absolute atomic E-state index is 5.76. The molecule has 0 aliphatic rings. The van der Waals surface area contributed by atoms with Crippen molar-refractivity contribution in [2.75, 3.05) is 37.4 Å². The second-order valence-electron chi connectivity index (χ2n) is 5.00. The summed E-state index contributed by atoms with van der Waals surface area (Å²) in [5, 5.41) is 7.18. The molecule has 2 aromatic rings. The third-order valence-electron chi connectivity index (χ3n) is 2.74. The van der Waals surface area contributed by atoms with E-state index >= 15 is 0 Å². The van der Waals surface area contributed by atoms with Crippen molar-refractivity contribution in [2.24, 2.45) is 7.05 Å². The van der Waals surface area contributed by atoms with Gasteiger partial charge in [0.15, 0.2) is 0 Å². The number of aryl methyl sites for hydroxylation is 1. The van der Waals surface area contributed by atoms with Gasteiger partial charge in [-0.05, 0) is 26.2 Å². The Kier molecular flexibility index (Phi) is 5.51. The highest BCUT2D eigenvalue weighted by atomic mass is 32.2. The largest absolute Gasteiger partial charge is 0.464 e. The SMILES string of the molecule is CN(C)Cc1ccc(CSCCNc2nc(N)nn2C)o1. The van der Waals surface area contributed by atoms with E-state index in [4.69, 9.17) is 10.2 Å². The molecule has 2 rings (SSSR count). The third-order valence-corrected chi connectivity index (χ3v) is 3.72. The minimum atomic E-state index is 0.289. The van der Waals surface area contributed by atoms with Crippen molar-refractivity contribution in [3.8, 4) is 0 Å². The molecular formula is C13H22N6OS. The molecule has 0 bridgehead atoms. The van der Waals surface area contributed by atoms with Gasteiger partial charge in [0.05, 0.1) is 12.3 Å². The Morgan fingerprint density at radius 1 is 1.38 bits per heavy atom. The number of nitrogen functional groups attached to an aromatic ring is 1. The second kappa shape index (κ2) is 7.37. The summed E-state index contributed by atoms with van der Waals surface area (Å²) in [6.45, 7) is 1.64. The van der Waals surface area contributed by atoms with Crippen molar-refractivity contribution in [1.82, 2.24) is 19.7 Å². The highest BCUT2D eigenvalue weighted by Gasteiger charge is 2.05. The molecule has 21 heavy (non-hydrogen) atoms. The van der Waals surface area contributed by atoms with E-state index in [-0.39, 0.29) is 5.95 Å². The molecule has 0 aromatic carbocycles. The molecule has 0 aliphatic carbocycles. The van der Waals surface area contributed by atoms with E-state index in [1.165, 1.54) is 0 Å². The highest BCUT2D eigenvalue weighted by Crippen LogP contribution is 2.16. The van der Waals surface area contributed by atoms with Gasteiger partial charge in [-0.25, -0.2) is 4.68 Å². The van der Waals surface area contributed by atoms with Crippen molar-refractivity contribution >= 4 is 23.7 Å². The molecule has 2 heterocycles. The van der Waals surface area contributed by atoms with Gasteiger partial charge in [-0.3, -0.25) is 0 Å². The first kappa shape index (κ1) is 15.7. The van der Waals surface area contributed by atoms with Gasteiger partial charge in [-0.15, -0.1) is 5.10 Å². The Labute approximate surface area is 128 Å². The van der Waals surface area contributed by atoms with Crippen LogP contribution in [-0.4, -0.2) is 46.1 Å². The van der Waals surface area contributed by atoms with Crippen LogP contribution in [0.4, 0.5) is 11.9 Å². The first-order valence-electron chi connectivity index (χ1n) is 6.75. The van der Waals surface area contributed by atoms with Gasteiger partial charge in [0.1, 0.15) is 11.5 Å². The number of furan rings is 1. The summed E-state index contributed by atoms with van der Waals surface area (Å²) >= 11 is 1.81. The summed E-state index contributed by atoms with van der Waals surface area (Å²) in [4.78, 5) is 6.17. The lowest BCUT2D eigenvalue weighted by Gasteiger charge is -2.06. The van der Waals surface area contributed by atoms with Crippen LogP contribution < -0.4 is 11.1 Å². The van der Waals surface area contributed by atoms with Gasteiger partial charge < -0.3 is 20.4 Å². The van der Waals surface area contributed by atoms with Crippen molar-refractivity contribution < 1.29 is 4.42 Å². The highest BCUT2D eigenvalue weighted by molar-refractivity contribution is 7.98. The van der Waals surface area contributed by atoms with Crippen LogP contribution in [0.25, 0.3) is 0 Å². The van der Waals surface area contributed by atoms with Gasteiger partial charge >= 0.3 is 0 Å². The molecule has 0 amide bonds. The van der Waals surface area contributed by atoms with Crippen LogP contribution in [0.1, 0.15) is 11.5 Å². The van der Waals surface area contributed by atoms with Gasteiger partial charge in [-0.1, -0.05) is 0 Å². The van der Waals surface area contributed by atoms with E-state index in [0.717, 1.165) is 36.1 Å².